The number of carbonyl (C=O) groups excluding carboxylic acids is 1. The second kappa shape index (κ2) is 5.14. The maximum absolute atomic E-state index is 13.1. The molecule has 0 radical (unpaired) electrons. The van der Waals surface area contributed by atoms with Gasteiger partial charge in [-0.05, 0) is 17.7 Å². The van der Waals surface area contributed by atoms with E-state index in [4.69, 9.17) is 11.6 Å². The van der Waals surface area contributed by atoms with Gasteiger partial charge in [0.2, 0.25) is 0 Å². The van der Waals surface area contributed by atoms with Gasteiger partial charge in [-0.15, -0.1) is 0 Å². The third-order valence-electron chi connectivity index (χ3n) is 2.57. The lowest BCUT2D eigenvalue weighted by Crippen LogP contribution is -2.38. The molecule has 2 nitrogen and oxygen atoms in total. The molecule has 0 aromatic heterocycles. The van der Waals surface area contributed by atoms with Gasteiger partial charge in [-0.1, -0.05) is 24.6 Å². The van der Waals surface area contributed by atoms with E-state index in [9.17, 15) is 27.5 Å². The molecule has 0 heterocycles. The zero-order valence-corrected chi connectivity index (χ0v) is 9.85. The third kappa shape index (κ3) is 3.13. The van der Waals surface area contributed by atoms with Crippen LogP contribution in [0.15, 0.2) is 18.2 Å². The molecule has 1 aromatic carbocycles. The highest BCUT2D eigenvalue weighted by Crippen LogP contribution is 2.37. The van der Waals surface area contributed by atoms with E-state index >= 15 is 0 Å². The molecule has 2 atom stereocenters. The fraction of sp³-hybridized carbons (Fsp3) is 0.364. The maximum Gasteiger partial charge on any atom is 0.392 e. The number of alkyl halides is 3. The van der Waals surface area contributed by atoms with Crippen molar-refractivity contribution in [2.75, 3.05) is 0 Å². The van der Waals surface area contributed by atoms with E-state index in [1.807, 2.05) is 0 Å². The molecule has 0 saturated heterocycles. The summed E-state index contributed by atoms with van der Waals surface area (Å²) in [6, 6.07) is 2.71. The first kappa shape index (κ1) is 14.8. The van der Waals surface area contributed by atoms with Crippen LogP contribution in [-0.4, -0.2) is 12.1 Å². The molecule has 0 fully saturated rings. The molecule has 0 amide bonds. The summed E-state index contributed by atoms with van der Waals surface area (Å²) in [5, 5.41) is 10.5. The lowest BCUT2D eigenvalue weighted by molar-refractivity contribution is -0.313. The Balaban J connectivity index is 3.21. The van der Waals surface area contributed by atoms with Gasteiger partial charge in [-0.3, -0.25) is 0 Å². The minimum Gasteiger partial charge on any atom is -0.549 e. The molecule has 0 spiro atoms. The third-order valence-corrected chi connectivity index (χ3v) is 2.88. The summed E-state index contributed by atoms with van der Waals surface area (Å²) in [5.74, 6) is -7.06. The molecule has 7 heteroatoms. The Morgan fingerprint density at radius 3 is 2.33 bits per heavy atom. The molecule has 18 heavy (non-hydrogen) atoms. The summed E-state index contributed by atoms with van der Waals surface area (Å²) in [4.78, 5) is 10.8. The summed E-state index contributed by atoms with van der Waals surface area (Å²) in [5.41, 5.74) is -0.332. The number of carbonyl (C=O) groups is 1. The number of aliphatic carboxylic acids is 1. The average Bonchev–Trinajstić information content (AvgIpc) is 2.21. The van der Waals surface area contributed by atoms with Crippen molar-refractivity contribution in [1.82, 2.24) is 0 Å². The molecule has 100 valence electrons. The molecule has 0 aliphatic rings. The number of halogens is 5. The lowest BCUT2D eigenvalue weighted by atomic mass is 9.87. The highest BCUT2D eigenvalue weighted by atomic mass is 35.5. The van der Waals surface area contributed by atoms with Crippen LogP contribution in [0.1, 0.15) is 18.4 Å². The molecular formula is C11H8ClF4O2-. The van der Waals surface area contributed by atoms with Crippen molar-refractivity contribution >= 4 is 17.6 Å². The highest BCUT2D eigenvalue weighted by Gasteiger charge is 2.42. The van der Waals surface area contributed by atoms with Crippen molar-refractivity contribution in [3.8, 4) is 0 Å². The fourth-order valence-corrected chi connectivity index (χ4v) is 1.64. The van der Waals surface area contributed by atoms with E-state index in [1.54, 1.807) is 0 Å². The quantitative estimate of drug-likeness (QED) is 0.800. The van der Waals surface area contributed by atoms with E-state index < -0.39 is 29.8 Å². The van der Waals surface area contributed by atoms with Crippen LogP contribution in [0.2, 0.25) is 5.02 Å². The van der Waals surface area contributed by atoms with Crippen LogP contribution in [0, 0.1) is 11.7 Å². The Kier molecular flexibility index (Phi) is 4.21. The van der Waals surface area contributed by atoms with E-state index in [0.717, 1.165) is 12.1 Å². The van der Waals surface area contributed by atoms with Gasteiger partial charge in [0.25, 0.3) is 0 Å². The van der Waals surface area contributed by atoms with Gasteiger partial charge in [-0.2, -0.15) is 13.2 Å². The van der Waals surface area contributed by atoms with Crippen LogP contribution in [-0.2, 0) is 4.79 Å². The van der Waals surface area contributed by atoms with Crippen molar-refractivity contribution in [2.45, 2.75) is 19.0 Å². The summed E-state index contributed by atoms with van der Waals surface area (Å²) in [7, 11) is 0. The monoisotopic (exact) mass is 283 g/mol. The zero-order valence-electron chi connectivity index (χ0n) is 9.09. The first-order valence-corrected chi connectivity index (χ1v) is 5.25. The Bertz CT molecular complexity index is 459. The van der Waals surface area contributed by atoms with E-state index in [2.05, 4.69) is 0 Å². The minimum absolute atomic E-state index is 0.296. The molecule has 0 bridgehead atoms. The first-order valence-electron chi connectivity index (χ1n) is 4.87. The summed E-state index contributed by atoms with van der Waals surface area (Å²) in [6.07, 6.45) is -4.72. The molecular weight excluding hydrogens is 276 g/mol. The van der Waals surface area contributed by atoms with Crippen LogP contribution in [0.3, 0.4) is 0 Å². The number of benzene rings is 1. The minimum atomic E-state index is -4.72. The number of hydrogen-bond donors (Lipinski definition) is 0. The molecule has 0 aliphatic heterocycles. The van der Waals surface area contributed by atoms with Crippen molar-refractivity contribution < 1.29 is 27.5 Å². The van der Waals surface area contributed by atoms with Gasteiger partial charge in [0.15, 0.2) is 0 Å². The number of rotatable bonds is 3. The van der Waals surface area contributed by atoms with Crippen molar-refractivity contribution in [3.63, 3.8) is 0 Å². The van der Waals surface area contributed by atoms with Crippen molar-refractivity contribution in [2.24, 2.45) is 5.92 Å². The van der Waals surface area contributed by atoms with Crippen molar-refractivity contribution in [3.05, 3.63) is 34.6 Å². The van der Waals surface area contributed by atoms with E-state index in [-0.39, 0.29) is 10.6 Å². The zero-order chi connectivity index (χ0) is 14.1. The Hall–Kier alpha value is -1.30. The summed E-state index contributed by atoms with van der Waals surface area (Å²) < 4.78 is 50.7. The van der Waals surface area contributed by atoms with Gasteiger partial charge in [0, 0.05) is 11.9 Å². The Morgan fingerprint density at radius 2 is 1.94 bits per heavy atom. The number of hydrogen-bond acceptors (Lipinski definition) is 2. The standard InChI is InChI=1S/C11H9ClF4O2/c1-5(11(14,15)16)9(10(17)18)6-2-3-7(12)8(13)4-6/h2-5,9H,1H3,(H,17,18)/p-1/t5-,9?/m1/s1. The molecule has 0 N–H and O–H groups in total. The normalized spacial score (nSPS) is 15.2. The van der Waals surface area contributed by atoms with Gasteiger partial charge in [0.05, 0.1) is 10.9 Å². The van der Waals surface area contributed by atoms with Gasteiger partial charge in [-0.25, -0.2) is 4.39 Å². The second-order valence-corrected chi connectivity index (χ2v) is 4.21. The van der Waals surface area contributed by atoms with Crippen molar-refractivity contribution in [1.29, 1.82) is 0 Å². The summed E-state index contributed by atoms with van der Waals surface area (Å²) >= 11 is 5.37. The van der Waals surface area contributed by atoms with Gasteiger partial charge < -0.3 is 9.90 Å². The van der Waals surface area contributed by atoms with Crippen LogP contribution in [0.4, 0.5) is 17.6 Å². The fourth-order valence-electron chi connectivity index (χ4n) is 1.52. The molecule has 1 unspecified atom stereocenters. The van der Waals surface area contributed by atoms with Gasteiger partial charge in [0.1, 0.15) is 5.82 Å². The van der Waals surface area contributed by atoms with Crippen LogP contribution >= 0.6 is 11.6 Å². The van der Waals surface area contributed by atoms with Gasteiger partial charge >= 0.3 is 6.18 Å². The molecule has 0 aliphatic carbocycles. The number of carboxylic acids is 1. The summed E-state index contributed by atoms with van der Waals surface area (Å²) in [6.45, 7) is 0.701. The largest absolute Gasteiger partial charge is 0.549 e. The van der Waals surface area contributed by atoms with Crippen LogP contribution in [0.25, 0.3) is 0 Å². The topological polar surface area (TPSA) is 40.1 Å². The Morgan fingerprint density at radius 1 is 1.39 bits per heavy atom. The van der Waals surface area contributed by atoms with E-state index in [0.29, 0.717) is 13.0 Å². The predicted molar refractivity (Wildman–Crippen MR) is 54.4 cm³/mol. The SMILES string of the molecule is C[C@H](C(C(=O)[O-])c1ccc(Cl)c(F)c1)C(F)(F)F. The second-order valence-electron chi connectivity index (χ2n) is 3.80. The number of carboxylic acid groups (broad SMARTS) is 1. The lowest BCUT2D eigenvalue weighted by Gasteiger charge is -2.27. The molecule has 0 saturated carbocycles. The maximum atomic E-state index is 13.1. The first-order chi connectivity index (χ1) is 8.14. The predicted octanol–water partition coefficient (Wildman–Crippen LogP) is 2.51. The average molecular weight is 284 g/mol. The van der Waals surface area contributed by atoms with E-state index in [1.165, 1.54) is 0 Å². The van der Waals surface area contributed by atoms with Crippen LogP contribution in [0.5, 0.6) is 0 Å². The highest BCUT2D eigenvalue weighted by molar-refractivity contribution is 6.30. The Labute approximate surface area is 105 Å². The molecule has 1 rings (SSSR count). The van der Waals surface area contributed by atoms with Crippen LogP contribution < -0.4 is 5.11 Å². The smallest absolute Gasteiger partial charge is 0.392 e. The molecule has 1 aromatic rings.